The molecule has 3 rings (SSSR count). The van der Waals surface area contributed by atoms with Crippen molar-refractivity contribution in [1.29, 1.82) is 0 Å². The zero-order chi connectivity index (χ0) is 26.5. The lowest BCUT2D eigenvalue weighted by atomic mass is 10.0. The van der Waals surface area contributed by atoms with Gasteiger partial charge >= 0.3 is 16.3 Å². The van der Waals surface area contributed by atoms with Crippen LogP contribution in [0.2, 0.25) is 2.82 Å². The van der Waals surface area contributed by atoms with Gasteiger partial charge in [0, 0.05) is 5.56 Å². The maximum Gasteiger partial charge on any atom is 0.416 e. The first-order chi connectivity index (χ1) is 16.0. The molecule has 1 aliphatic rings. The van der Waals surface area contributed by atoms with Crippen molar-refractivity contribution in [2.75, 3.05) is 0 Å². The van der Waals surface area contributed by atoms with Crippen molar-refractivity contribution < 1.29 is 45.0 Å². The second kappa shape index (κ2) is 7.19. The van der Waals surface area contributed by atoms with Crippen molar-refractivity contribution in [3.05, 3.63) is 82.8 Å². The van der Waals surface area contributed by atoms with Crippen molar-refractivity contribution >= 4 is 15.9 Å². The molecule has 0 saturated carbocycles. The molecule has 2 N–H and O–H groups in total. The van der Waals surface area contributed by atoms with Crippen LogP contribution in [0.3, 0.4) is 0 Å². The van der Waals surface area contributed by atoms with Crippen LogP contribution < -0.4 is 5.72 Å². The molecule has 0 fully saturated rings. The monoisotopic (exact) mass is 420 g/mol. The number of nitrogens with two attached hydrogens (primary N) is 1. The summed E-state index contributed by atoms with van der Waals surface area (Å²) in [4.78, 5) is 12.8. The van der Waals surface area contributed by atoms with E-state index in [1.54, 1.807) is 0 Å². The van der Waals surface area contributed by atoms with E-state index in [9.17, 15) is 26.4 Å². The molecule has 0 amide bonds. The normalized spacial score (nSPS) is 20.9. The zero-order valence-corrected chi connectivity index (χ0v) is 14.4. The number of rotatable bonds is 6. The molecule has 1 unspecified atom stereocenters. The van der Waals surface area contributed by atoms with Crippen LogP contribution in [-0.4, -0.2) is 14.2 Å². The first-order valence-electron chi connectivity index (χ1n) is 10.8. The van der Waals surface area contributed by atoms with E-state index in [1.165, 1.54) is 0 Å². The molecule has 2 aromatic carbocycles. The summed E-state index contributed by atoms with van der Waals surface area (Å²) in [6.07, 6.45) is -6.38. The highest BCUT2D eigenvalue weighted by Crippen LogP contribution is 2.35. The fraction of sp³-hybridized carbons (Fsp3) is 0.167. The number of hydrogen-bond acceptors (Lipinski definition) is 6. The van der Waals surface area contributed by atoms with E-state index in [1.807, 2.05) is 0 Å². The van der Waals surface area contributed by atoms with Gasteiger partial charge in [0.05, 0.1) is 12.4 Å². The van der Waals surface area contributed by atoms with Gasteiger partial charge in [-0.3, -0.25) is 4.79 Å². The largest absolute Gasteiger partial charge is 0.460 e. The molecule has 0 radical (unpaired) electrons. The average molecular weight is 420 g/mol. The van der Waals surface area contributed by atoms with E-state index >= 15 is 0 Å². The van der Waals surface area contributed by atoms with E-state index in [0.29, 0.717) is 12.1 Å². The standard InChI is InChI=1S/C18H14F3NO5S/c19-18(20,21)13-8-6-12(7-9-13)15-14(23)16(17(22)26-15)27-28(24,25)10-11-4-2-1-3-5-11/h1-9,15H,10,22H2/i1D,2D,3D,4D,5D/hD2. The Hall–Kier alpha value is -3.01. The van der Waals surface area contributed by atoms with Gasteiger partial charge in [-0.1, -0.05) is 42.3 Å². The number of ketones is 1. The summed E-state index contributed by atoms with van der Waals surface area (Å²) in [6, 6.07) is -0.920. The minimum absolute atomic E-state index is 0.149. The first kappa shape index (κ1) is 12.4. The Kier molecular flexibility index (Phi) is 3.20. The van der Waals surface area contributed by atoms with Crippen LogP contribution in [0.25, 0.3) is 0 Å². The Balaban J connectivity index is 1.92. The SMILES string of the molecule is [2H]c1c([2H])c([2H])c(CS(=O)(=O)OC2=C(N([2H])[2H])OC(c3ccc(C(F)(F)F)cc3)C2=O)c([2H])c1[2H]. The van der Waals surface area contributed by atoms with E-state index in [-0.39, 0.29) is 11.3 Å². The Morgan fingerprint density at radius 1 is 1.18 bits per heavy atom. The molecule has 2 aromatic rings. The highest BCUT2D eigenvalue weighted by molar-refractivity contribution is 7.86. The van der Waals surface area contributed by atoms with Crippen LogP contribution in [0.1, 0.15) is 29.6 Å². The zero-order valence-electron chi connectivity index (χ0n) is 20.6. The molecule has 0 bridgehead atoms. The van der Waals surface area contributed by atoms with Gasteiger partial charge in [0.2, 0.25) is 17.4 Å². The summed E-state index contributed by atoms with van der Waals surface area (Å²) in [5.41, 5.74) is -2.11. The predicted octanol–water partition coefficient (Wildman–Crippen LogP) is 3.02. The first-order valence-corrected chi connectivity index (χ1v) is 9.01. The fourth-order valence-corrected chi connectivity index (χ4v) is 3.23. The number of halogens is 3. The van der Waals surface area contributed by atoms with Crippen LogP contribution in [0.15, 0.2) is 66.1 Å². The molecule has 0 spiro atoms. The number of carbonyl (C=O) groups excluding carboxylic acids is 1. The van der Waals surface area contributed by atoms with Crippen LogP contribution >= 0.6 is 0 Å². The number of benzene rings is 2. The number of ether oxygens (including phenoxy) is 1. The maximum absolute atomic E-state index is 12.8. The molecule has 148 valence electrons. The summed E-state index contributed by atoms with van der Waals surface area (Å²) in [6.45, 7) is 0. The third kappa shape index (κ3) is 4.28. The summed E-state index contributed by atoms with van der Waals surface area (Å²) >= 11 is 0. The van der Waals surface area contributed by atoms with Crippen LogP contribution in [0.5, 0.6) is 0 Å². The quantitative estimate of drug-likeness (QED) is 0.722. The van der Waals surface area contributed by atoms with Crippen molar-refractivity contribution in [2.24, 2.45) is 5.72 Å². The van der Waals surface area contributed by atoms with Gasteiger partial charge < -0.3 is 14.6 Å². The average Bonchev–Trinajstić information content (AvgIpc) is 3.09. The number of Topliss-reactive ketones (excluding diaryl/α,β-unsaturated/α-hetero) is 1. The molecule has 1 atom stereocenters. The predicted molar refractivity (Wildman–Crippen MR) is 91.6 cm³/mol. The van der Waals surface area contributed by atoms with Gasteiger partial charge in [0.25, 0.3) is 0 Å². The van der Waals surface area contributed by atoms with Crippen LogP contribution in [0.4, 0.5) is 13.2 Å². The lowest BCUT2D eigenvalue weighted by molar-refractivity contribution is -0.137. The molecule has 1 heterocycles. The molecule has 1 aliphatic heterocycles. The third-order valence-electron chi connectivity index (χ3n) is 3.51. The lowest BCUT2D eigenvalue weighted by Gasteiger charge is -2.12. The van der Waals surface area contributed by atoms with Crippen molar-refractivity contribution in [1.82, 2.24) is 0 Å². The molecule has 0 aliphatic carbocycles. The molecule has 6 nitrogen and oxygen atoms in total. The number of alkyl halides is 3. The second-order valence-corrected chi connectivity index (χ2v) is 7.08. The summed E-state index contributed by atoms with van der Waals surface area (Å²) in [5.74, 6) is -4.61. The van der Waals surface area contributed by atoms with Gasteiger partial charge in [-0.2, -0.15) is 21.6 Å². The Bertz CT molecular complexity index is 1300. The van der Waals surface area contributed by atoms with Gasteiger partial charge in [0.1, 0.15) is 5.75 Å². The molecular weight excluding hydrogens is 399 g/mol. The minimum atomic E-state index is -4.91. The molecule has 28 heavy (non-hydrogen) atoms. The van der Waals surface area contributed by atoms with E-state index in [0.717, 1.165) is 12.1 Å². The second-order valence-electron chi connectivity index (χ2n) is 5.51. The van der Waals surface area contributed by atoms with Gasteiger partial charge in [-0.15, -0.1) is 0 Å². The lowest BCUT2D eigenvalue weighted by Crippen LogP contribution is -2.16. The highest BCUT2D eigenvalue weighted by atomic mass is 32.2. The molecule has 10 heteroatoms. The third-order valence-corrected chi connectivity index (χ3v) is 4.57. The highest BCUT2D eigenvalue weighted by Gasteiger charge is 2.40. The van der Waals surface area contributed by atoms with E-state index in [4.69, 9.17) is 18.6 Å². The maximum atomic E-state index is 12.8. The molecule has 0 aromatic heterocycles. The Labute approximate surface area is 168 Å². The van der Waals surface area contributed by atoms with Crippen molar-refractivity contribution in [2.45, 2.75) is 18.0 Å². The number of hydrogen-bond donors (Lipinski definition) is 1. The van der Waals surface area contributed by atoms with Gasteiger partial charge in [-0.05, 0) is 17.7 Å². The summed E-state index contributed by atoms with van der Waals surface area (Å²) < 4.78 is 126. The Morgan fingerprint density at radius 3 is 2.39 bits per heavy atom. The van der Waals surface area contributed by atoms with Crippen molar-refractivity contribution in [3.8, 4) is 0 Å². The fourth-order valence-electron chi connectivity index (χ4n) is 2.27. The topological polar surface area (TPSA) is 95.7 Å². The van der Waals surface area contributed by atoms with Crippen molar-refractivity contribution in [3.63, 3.8) is 0 Å². The molecular formula is C18H14F3NO5S. The molecule has 0 saturated heterocycles. The van der Waals surface area contributed by atoms with Gasteiger partial charge in [0.15, 0.2) is 8.93 Å². The van der Waals surface area contributed by atoms with Crippen LogP contribution in [0, 0.1) is 0 Å². The van der Waals surface area contributed by atoms with Crippen LogP contribution in [-0.2, 0) is 35.8 Å². The van der Waals surface area contributed by atoms with E-state index in [2.05, 4.69) is 0 Å². The Morgan fingerprint density at radius 2 is 1.82 bits per heavy atom. The smallest absolute Gasteiger partial charge is 0.416 e. The summed E-state index contributed by atoms with van der Waals surface area (Å²) in [5, 5.41) is 0. The minimum Gasteiger partial charge on any atom is -0.460 e. The van der Waals surface area contributed by atoms with E-state index < -0.39 is 86.9 Å². The summed E-state index contributed by atoms with van der Waals surface area (Å²) in [7, 11) is -4.91. The number of carbonyl (C=O) groups is 1. The van der Waals surface area contributed by atoms with Gasteiger partial charge in [-0.25, -0.2) is 0 Å².